The van der Waals surface area contributed by atoms with Gasteiger partial charge in [-0.25, -0.2) is 4.79 Å². The van der Waals surface area contributed by atoms with Gasteiger partial charge in [0.25, 0.3) is 0 Å². The number of ether oxygens (including phenoxy) is 1. The summed E-state index contributed by atoms with van der Waals surface area (Å²) in [6, 6.07) is 0. The van der Waals surface area contributed by atoms with Crippen molar-refractivity contribution in [1.82, 2.24) is 0 Å². The van der Waals surface area contributed by atoms with Gasteiger partial charge in [0.2, 0.25) is 6.10 Å². The highest BCUT2D eigenvalue weighted by molar-refractivity contribution is 5.81. The Hall–Kier alpha value is -1.35. The standard InChI is InChI=1S/C8H4F8O2/c1-2-3(17)18-4-5(9,10)7(13,14)8(15,16)6(4,11)12/h2,4H,1H2. The Bertz CT molecular complexity index is 363. The van der Waals surface area contributed by atoms with Crippen LogP contribution in [0.5, 0.6) is 0 Å². The molecule has 1 aliphatic rings. The number of hydrogen-bond acceptors (Lipinski definition) is 2. The van der Waals surface area contributed by atoms with Gasteiger partial charge in [-0.2, -0.15) is 35.1 Å². The lowest BCUT2D eigenvalue weighted by atomic mass is 10.2. The molecule has 1 rings (SSSR count). The van der Waals surface area contributed by atoms with Gasteiger partial charge in [-0.1, -0.05) is 6.58 Å². The number of hydrogen-bond donors (Lipinski definition) is 0. The van der Waals surface area contributed by atoms with E-state index in [0.29, 0.717) is 0 Å². The topological polar surface area (TPSA) is 26.3 Å². The Balaban J connectivity index is 3.34. The largest absolute Gasteiger partial charge is 0.446 e. The highest BCUT2D eigenvalue weighted by Crippen LogP contribution is 2.63. The number of esters is 1. The molecule has 0 N–H and O–H groups in total. The van der Waals surface area contributed by atoms with Crippen LogP contribution in [0.1, 0.15) is 0 Å². The third kappa shape index (κ3) is 1.43. The number of carbonyl (C=O) groups is 1. The molecular formula is C8H4F8O2. The Morgan fingerprint density at radius 1 is 0.944 bits per heavy atom. The third-order valence-electron chi connectivity index (χ3n) is 2.29. The lowest BCUT2D eigenvalue weighted by Gasteiger charge is -2.22. The van der Waals surface area contributed by atoms with Crippen LogP contribution in [0.3, 0.4) is 0 Å². The van der Waals surface area contributed by atoms with Crippen molar-refractivity contribution < 1.29 is 44.7 Å². The van der Waals surface area contributed by atoms with E-state index in [2.05, 4.69) is 11.3 Å². The summed E-state index contributed by atoms with van der Waals surface area (Å²) in [5.74, 6) is -26.5. The molecule has 0 atom stereocenters. The second-order valence-electron chi connectivity index (χ2n) is 3.42. The van der Waals surface area contributed by atoms with E-state index in [1.54, 1.807) is 0 Å². The Morgan fingerprint density at radius 2 is 1.28 bits per heavy atom. The monoisotopic (exact) mass is 284 g/mol. The van der Waals surface area contributed by atoms with Gasteiger partial charge in [0, 0.05) is 6.08 Å². The van der Waals surface area contributed by atoms with E-state index in [4.69, 9.17) is 0 Å². The van der Waals surface area contributed by atoms with Crippen molar-refractivity contribution in [3.05, 3.63) is 12.7 Å². The van der Waals surface area contributed by atoms with E-state index >= 15 is 0 Å². The number of alkyl halides is 8. The normalized spacial score (nSPS) is 27.8. The molecule has 2 nitrogen and oxygen atoms in total. The minimum absolute atomic E-state index is 0.0980. The quantitative estimate of drug-likeness (QED) is 0.442. The van der Waals surface area contributed by atoms with Crippen molar-refractivity contribution in [2.24, 2.45) is 0 Å². The molecule has 0 aromatic rings. The molecule has 0 aromatic heterocycles. The third-order valence-corrected chi connectivity index (χ3v) is 2.29. The molecule has 1 aliphatic carbocycles. The predicted octanol–water partition coefficient (Wildman–Crippen LogP) is 2.64. The molecule has 0 heterocycles. The summed E-state index contributed by atoms with van der Waals surface area (Å²) >= 11 is 0. The summed E-state index contributed by atoms with van der Waals surface area (Å²) in [6.45, 7) is 2.63. The fourth-order valence-corrected chi connectivity index (χ4v) is 1.29. The van der Waals surface area contributed by atoms with Crippen LogP contribution in [0.2, 0.25) is 0 Å². The van der Waals surface area contributed by atoms with Crippen molar-refractivity contribution in [2.75, 3.05) is 0 Å². The highest BCUT2D eigenvalue weighted by Gasteiger charge is 2.95. The molecule has 0 aliphatic heterocycles. The predicted molar refractivity (Wildman–Crippen MR) is 39.9 cm³/mol. The van der Waals surface area contributed by atoms with Crippen LogP contribution in [0.15, 0.2) is 12.7 Å². The molecule has 0 amide bonds. The van der Waals surface area contributed by atoms with Gasteiger partial charge in [0.1, 0.15) is 0 Å². The minimum Gasteiger partial charge on any atom is -0.446 e. The maximum absolute atomic E-state index is 12.9. The lowest BCUT2D eigenvalue weighted by Crippen LogP contribution is -2.51. The fraction of sp³-hybridized carbons (Fsp3) is 0.625. The lowest BCUT2D eigenvalue weighted by molar-refractivity contribution is -0.303. The number of rotatable bonds is 2. The first-order valence-electron chi connectivity index (χ1n) is 4.18. The van der Waals surface area contributed by atoms with Crippen LogP contribution in [0, 0.1) is 0 Å². The van der Waals surface area contributed by atoms with Gasteiger partial charge in [-0.05, 0) is 0 Å². The summed E-state index contributed by atoms with van der Waals surface area (Å²) in [5.41, 5.74) is 0. The van der Waals surface area contributed by atoms with E-state index in [0.717, 1.165) is 0 Å². The molecule has 0 radical (unpaired) electrons. The van der Waals surface area contributed by atoms with Crippen molar-refractivity contribution in [2.45, 2.75) is 29.8 Å². The zero-order valence-electron chi connectivity index (χ0n) is 8.20. The van der Waals surface area contributed by atoms with Gasteiger partial charge in [0.15, 0.2) is 0 Å². The van der Waals surface area contributed by atoms with E-state index < -0.39 is 35.8 Å². The average molecular weight is 284 g/mol. The molecule has 1 saturated carbocycles. The maximum atomic E-state index is 12.9. The highest BCUT2D eigenvalue weighted by atomic mass is 19.4. The van der Waals surface area contributed by atoms with Crippen molar-refractivity contribution in [3.8, 4) is 0 Å². The van der Waals surface area contributed by atoms with Gasteiger partial charge in [-0.3, -0.25) is 0 Å². The molecule has 0 spiro atoms. The zero-order valence-corrected chi connectivity index (χ0v) is 8.20. The molecule has 0 bridgehead atoms. The van der Waals surface area contributed by atoms with E-state index in [9.17, 15) is 39.9 Å². The maximum Gasteiger partial charge on any atom is 0.382 e. The average Bonchev–Trinajstić information content (AvgIpc) is 2.28. The summed E-state index contributed by atoms with van der Waals surface area (Å²) in [4.78, 5) is 10.5. The van der Waals surface area contributed by atoms with Crippen LogP contribution in [0.25, 0.3) is 0 Å². The molecule has 18 heavy (non-hydrogen) atoms. The fourth-order valence-electron chi connectivity index (χ4n) is 1.29. The molecule has 0 saturated heterocycles. The zero-order chi connectivity index (χ0) is 14.6. The second-order valence-corrected chi connectivity index (χ2v) is 3.42. The van der Waals surface area contributed by atoms with Gasteiger partial charge >= 0.3 is 29.7 Å². The van der Waals surface area contributed by atoms with Gasteiger partial charge in [0.05, 0.1) is 0 Å². The Labute approximate surface area is 94.2 Å². The Morgan fingerprint density at radius 3 is 1.56 bits per heavy atom. The van der Waals surface area contributed by atoms with E-state index in [-0.39, 0.29) is 6.08 Å². The summed E-state index contributed by atoms with van der Waals surface area (Å²) in [5, 5.41) is 0. The first-order chi connectivity index (χ1) is 7.84. The van der Waals surface area contributed by atoms with Crippen molar-refractivity contribution >= 4 is 5.97 Å². The summed E-state index contributed by atoms with van der Waals surface area (Å²) in [6.07, 6.45) is -4.18. The van der Waals surface area contributed by atoms with Crippen molar-refractivity contribution in [1.29, 1.82) is 0 Å². The summed E-state index contributed by atoms with van der Waals surface area (Å²) < 4.78 is 105. The minimum atomic E-state index is -6.35. The van der Waals surface area contributed by atoms with Crippen molar-refractivity contribution in [3.63, 3.8) is 0 Å². The molecule has 0 unspecified atom stereocenters. The van der Waals surface area contributed by atoms with Crippen LogP contribution in [-0.2, 0) is 9.53 Å². The molecule has 0 aromatic carbocycles. The second kappa shape index (κ2) is 3.58. The number of halogens is 8. The Kier molecular flexibility index (Phi) is 2.92. The van der Waals surface area contributed by atoms with Crippen LogP contribution >= 0.6 is 0 Å². The van der Waals surface area contributed by atoms with Crippen LogP contribution in [-0.4, -0.2) is 35.8 Å². The number of carbonyl (C=O) groups excluding carboxylic acids is 1. The van der Waals surface area contributed by atoms with E-state index in [1.165, 1.54) is 0 Å². The molecule has 104 valence electrons. The first kappa shape index (κ1) is 14.7. The first-order valence-corrected chi connectivity index (χ1v) is 4.18. The van der Waals surface area contributed by atoms with Gasteiger partial charge in [-0.15, -0.1) is 0 Å². The smallest absolute Gasteiger partial charge is 0.382 e. The van der Waals surface area contributed by atoms with E-state index in [1.807, 2.05) is 0 Å². The molecule has 10 heteroatoms. The van der Waals surface area contributed by atoms with Gasteiger partial charge < -0.3 is 4.74 Å². The molecule has 1 fully saturated rings. The summed E-state index contributed by atoms with van der Waals surface area (Å²) in [7, 11) is 0. The molecular weight excluding hydrogens is 280 g/mol. The van der Waals surface area contributed by atoms with Crippen LogP contribution in [0.4, 0.5) is 35.1 Å². The SMILES string of the molecule is C=CC(=O)OC1C(F)(F)C(F)(F)C(F)(F)C1(F)F. The van der Waals surface area contributed by atoms with Crippen LogP contribution < -0.4 is 0 Å².